The van der Waals surface area contributed by atoms with Crippen molar-refractivity contribution in [1.82, 2.24) is 14.3 Å². The van der Waals surface area contributed by atoms with E-state index in [1.165, 1.54) is 17.1 Å². The number of nitrogens with one attached hydrogen (secondary N) is 1. The topological polar surface area (TPSA) is 59.9 Å². The molecule has 3 heterocycles. The van der Waals surface area contributed by atoms with Crippen molar-refractivity contribution in [3.63, 3.8) is 0 Å². The van der Waals surface area contributed by atoms with Gasteiger partial charge in [0, 0.05) is 48.2 Å². The van der Waals surface area contributed by atoms with Gasteiger partial charge in [-0.15, -0.1) is 11.3 Å². The molecule has 0 saturated carbocycles. The molecular weight excluding hydrogens is 352 g/mol. The van der Waals surface area contributed by atoms with Gasteiger partial charge in [-0.3, -0.25) is 0 Å². The second-order valence-electron chi connectivity index (χ2n) is 6.15. The smallest absolute Gasteiger partial charge is 0.202 e. The highest BCUT2D eigenvalue weighted by Crippen LogP contribution is 2.27. The first kappa shape index (κ1) is 16.6. The molecule has 2 aromatic heterocycles. The molecule has 0 atom stereocenters. The van der Waals surface area contributed by atoms with E-state index >= 15 is 0 Å². The molecule has 0 radical (unpaired) electrons. The maximum absolute atomic E-state index is 5.41. The third kappa shape index (κ3) is 4.05. The third-order valence-electron chi connectivity index (χ3n) is 4.31. The fourth-order valence-electron chi connectivity index (χ4n) is 2.94. The Labute approximate surface area is 155 Å². The first-order chi connectivity index (χ1) is 12.3. The van der Waals surface area contributed by atoms with Crippen molar-refractivity contribution in [2.75, 3.05) is 18.5 Å². The Morgan fingerprint density at radius 2 is 2.12 bits per heavy atom. The molecule has 3 aromatic rings. The Hall–Kier alpha value is -1.83. The molecule has 5 nitrogen and oxygen atoms in total. The zero-order valence-electron chi connectivity index (χ0n) is 14.1. The number of benzene rings is 1. The van der Waals surface area contributed by atoms with Gasteiger partial charge >= 0.3 is 0 Å². The number of aryl methyl sites for hydroxylation is 1. The van der Waals surface area contributed by atoms with Crippen molar-refractivity contribution in [3.05, 3.63) is 46.0 Å². The Bertz CT molecular complexity index is 839. The van der Waals surface area contributed by atoms with Gasteiger partial charge in [0.05, 0.1) is 10.7 Å². The predicted octanol–water partition coefficient (Wildman–Crippen LogP) is 4.48. The van der Waals surface area contributed by atoms with E-state index < -0.39 is 0 Å². The van der Waals surface area contributed by atoms with E-state index in [0.29, 0.717) is 5.92 Å². The van der Waals surface area contributed by atoms with Crippen LogP contribution in [0.1, 0.15) is 35.2 Å². The molecule has 1 aliphatic rings. The van der Waals surface area contributed by atoms with Crippen LogP contribution in [0.3, 0.4) is 0 Å². The van der Waals surface area contributed by atoms with Crippen LogP contribution < -0.4 is 5.32 Å². The van der Waals surface area contributed by atoms with Crippen LogP contribution in [0, 0.1) is 6.92 Å². The zero-order chi connectivity index (χ0) is 17.1. The fourth-order valence-corrected chi connectivity index (χ4v) is 4.21. The maximum atomic E-state index is 5.41. The molecule has 1 aromatic carbocycles. The standard InChI is InChI=1S/C18H20N4OS2/c1-12-20-16(11-24-12)15-4-2-3-13(9-15)10-19-18-21-17(22-25-18)14-5-7-23-8-6-14/h2-4,9,11,14H,5-8,10H2,1H3,(H,19,21,22). The summed E-state index contributed by atoms with van der Waals surface area (Å²) < 4.78 is 9.93. The summed E-state index contributed by atoms with van der Waals surface area (Å²) in [4.78, 5) is 9.23. The largest absolute Gasteiger partial charge is 0.381 e. The molecule has 4 rings (SSSR count). The van der Waals surface area contributed by atoms with Crippen LogP contribution in [-0.2, 0) is 11.3 Å². The average Bonchev–Trinajstić information content (AvgIpc) is 3.30. The van der Waals surface area contributed by atoms with Crippen LogP contribution in [0.5, 0.6) is 0 Å². The SMILES string of the molecule is Cc1nc(-c2cccc(CNc3nc(C4CCOCC4)ns3)c2)cs1. The van der Waals surface area contributed by atoms with Crippen molar-refractivity contribution < 1.29 is 4.74 Å². The molecule has 7 heteroatoms. The molecule has 130 valence electrons. The summed E-state index contributed by atoms with van der Waals surface area (Å²) in [6.45, 7) is 4.40. The molecule has 1 aliphatic heterocycles. The summed E-state index contributed by atoms with van der Waals surface area (Å²) >= 11 is 3.12. The fraction of sp³-hybridized carbons (Fsp3) is 0.389. The van der Waals surface area contributed by atoms with Gasteiger partial charge in [-0.2, -0.15) is 4.37 Å². The van der Waals surface area contributed by atoms with E-state index in [1.807, 2.05) is 6.92 Å². The zero-order valence-corrected chi connectivity index (χ0v) is 15.7. The number of nitrogens with zero attached hydrogens (tertiary/aromatic N) is 3. The second-order valence-corrected chi connectivity index (χ2v) is 7.96. The average molecular weight is 373 g/mol. The molecule has 1 fully saturated rings. The molecule has 0 spiro atoms. The lowest BCUT2D eigenvalue weighted by Crippen LogP contribution is -2.15. The molecule has 0 amide bonds. The van der Waals surface area contributed by atoms with E-state index in [4.69, 9.17) is 4.74 Å². The number of hydrogen-bond donors (Lipinski definition) is 1. The third-order valence-corrected chi connectivity index (χ3v) is 5.77. The summed E-state index contributed by atoms with van der Waals surface area (Å²) in [5.74, 6) is 1.40. The maximum Gasteiger partial charge on any atom is 0.202 e. The number of rotatable bonds is 5. The predicted molar refractivity (Wildman–Crippen MR) is 102 cm³/mol. The summed E-state index contributed by atoms with van der Waals surface area (Å²) in [6.07, 6.45) is 2.04. The van der Waals surface area contributed by atoms with Crippen LogP contribution in [0.2, 0.25) is 0 Å². The number of ether oxygens (including phenoxy) is 1. The van der Waals surface area contributed by atoms with Crippen LogP contribution in [0.4, 0.5) is 5.13 Å². The van der Waals surface area contributed by atoms with E-state index in [2.05, 4.69) is 49.3 Å². The lowest BCUT2D eigenvalue weighted by molar-refractivity contribution is 0.0838. The van der Waals surface area contributed by atoms with Crippen LogP contribution in [-0.4, -0.2) is 27.6 Å². The van der Waals surface area contributed by atoms with Crippen molar-refractivity contribution in [2.45, 2.75) is 32.2 Å². The van der Waals surface area contributed by atoms with Crippen LogP contribution in [0.15, 0.2) is 29.6 Å². The quantitative estimate of drug-likeness (QED) is 0.716. The van der Waals surface area contributed by atoms with Gasteiger partial charge in [0.2, 0.25) is 5.13 Å². The minimum absolute atomic E-state index is 0.441. The van der Waals surface area contributed by atoms with Crippen molar-refractivity contribution in [2.24, 2.45) is 0 Å². The number of thiazole rings is 1. The number of aromatic nitrogens is 3. The van der Waals surface area contributed by atoms with Crippen molar-refractivity contribution >= 4 is 28.0 Å². The van der Waals surface area contributed by atoms with Crippen LogP contribution >= 0.6 is 22.9 Å². The van der Waals surface area contributed by atoms with Gasteiger partial charge in [0.1, 0.15) is 5.82 Å². The Morgan fingerprint density at radius 1 is 1.24 bits per heavy atom. The minimum atomic E-state index is 0.441. The van der Waals surface area contributed by atoms with Gasteiger partial charge in [-0.1, -0.05) is 18.2 Å². The minimum Gasteiger partial charge on any atom is -0.381 e. The first-order valence-corrected chi connectivity index (χ1v) is 10.1. The Balaban J connectivity index is 1.40. The van der Waals surface area contributed by atoms with Crippen molar-refractivity contribution in [3.8, 4) is 11.3 Å². The monoisotopic (exact) mass is 372 g/mol. The molecule has 25 heavy (non-hydrogen) atoms. The normalized spacial score (nSPS) is 15.4. The summed E-state index contributed by atoms with van der Waals surface area (Å²) in [5.41, 5.74) is 3.41. The van der Waals surface area contributed by atoms with Crippen LogP contribution in [0.25, 0.3) is 11.3 Å². The van der Waals surface area contributed by atoms with Crippen molar-refractivity contribution in [1.29, 1.82) is 0 Å². The molecule has 0 bridgehead atoms. The lowest BCUT2D eigenvalue weighted by Gasteiger charge is -2.18. The summed E-state index contributed by atoms with van der Waals surface area (Å²) in [5, 5.41) is 7.48. The highest BCUT2D eigenvalue weighted by Gasteiger charge is 2.20. The summed E-state index contributed by atoms with van der Waals surface area (Å²) in [6, 6.07) is 8.48. The second kappa shape index (κ2) is 7.59. The highest BCUT2D eigenvalue weighted by molar-refractivity contribution is 7.10. The van der Waals surface area contributed by atoms with Gasteiger partial charge in [-0.05, 0) is 31.4 Å². The Kier molecular flexibility index (Phi) is 5.05. The van der Waals surface area contributed by atoms with E-state index in [1.54, 1.807) is 11.3 Å². The molecule has 0 unspecified atom stereocenters. The van der Waals surface area contributed by atoms with Gasteiger partial charge in [0.15, 0.2) is 0 Å². The van der Waals surface area contributed by atoms with E-state index in [9.17, 15) is 0 Å². The first-order valence-electron chi connectivity index (χ1n) is 8.44. The molecular formula is C18H20N4OS2. The summed E-state index contributed by atoms with van der Waals surface area (Å²) in [7, 11) is 0. The number of anilines is 1. The van der Waals surface area contributed by atoms with Gasteiger partial charge in [0.25, 0.3) is 0 Å². The highest BCUT2D eigenvalue weighted by atomic mass is 32.1. The van der Waals surface area contributed by atoms with E-state index in [0.717, 1.165) is 59.8 Å². The van der Waals surface area contributed by atoms with E-state index in [-0.39, 0.29) is 0 Å². The van der Waals surface area contributed by atoms with Gasteiger partial charge < -0.3 is 10.1 Å². The number of hydrogen-bond acceptors (Lipinski definition) is 7. The molecule has 1 N–H and O–H groups in total. The Morgan fingerprint density at radius 3 is 2.92 bits per heavy atom. The molecule has 1 saturated heterocycles. The molecule has 0 aliphatic carbocycles. The van der Waals surface area contributed by atoms with Gasteiger partial charge in [-0.25, -0.2) is 9.97 Å². The lowest BCUT2D eigenvalue weighted by atomic mass is 10.00.